The molecule has 7 nitrogen and oxygen atoms in total. The van der Waals surface area contributed by atoms with Gasteiger partial charge < -0.3 is 10.1 Å². The van der Waals surface area contributed by atoms with E-state index in [9.17, 15) is 4.79 Å². The molecule has 1 N–H and O–H groups in total. The highest BCUT2D eigenvalue weighted by Crippen LogP contribution is 2.18. The second kappa shape index (κ2) is 8.39. The van der Waals surface area contributed by atoms with Crippen molar-refractivity contribution in [1.82, 2.24) is 24.9 Å². The first kappa shape index (κ1) is 19.2. The van der Waals surface area contributed by atoms with Gasteiger partial charge in [0.1, 0.15) is 11.4 Å². The maximum atomic E-state index is 12.5. The second-order valence-electron chi connectivity index (χ2n) is 6.16. The third kappa shape index (κ3) is 4.57. The Morgan fingerprint density at radius 2 is 2.04 bits per heavy atom. The molecule has 0 aliphatic heterocycles. The molecule has 0 saturated heterocycles. The lowest BCUT2D eigenvalue weighted by atomic mass is 10.1. The fraction of sp³-hybridized carbons (Fsp3) is 0.316. The van der Waals surface area contributed by atoms with E-state index in [1.807, 2.05) is 49.7 Å². The Morgan fingerprint density at radius 3 is 2.70 bits per heavy atom. The smallest absolute Gasteiger partial charge is 0.272 e. The fourth-order valence-electron chi connectivity index (χ4n) is 2.78. The summed E-state index contributed by atoms with van der Waals surface area (Å²) in [4.78, 5) is 12.5. The second-order valence-corrected chi connectivity index (χ2v) is 7.08. The van der Waals surface area contributed by atoms with Crippen LogP contribution in [0.15, 0.2) is 47.2 Å². The number of benzene rings is 1. The molecule has 8 heteroatoms. The van der Waals surface area contributed by atoms with Crippen molar-refractivity contribution in [3.05, 3.63) is 64.1 Å². The van der Waals surface area contributed by atoms with Crippen LogP contribution >= 0.6 is 15.9 Å². The minimum Gasteiger partial charge on any atom is -0.471 e. The number of nitrogens with zero attached hydrogens (tertiary/aromatic N) is 4. The maximum Gasteiger partial charge on any atom is 0.272 e. The van der Waals surface area contributed by atoms with Gasteiger partial charge in [-0.05, 0) is 51.1 Å². The van der Waals surface area contributed by atoms with E-state index in [0.717, 1.165) is 28.0 Å². The normalized spacial score (nSPS) is 12.0. The van der Waals surface area contributed by atoms with Gasteiger partial charge in [-0.25, -0.2) is 4.68 Å². The van der Waals surface area contributed by atoms with Gasteiger partial charge in [-0.3, -0.25) is 9.48 Å². The maximum absolute atomic E-state index is 12.5. The zero-order valence-electron chi connectivity index (χ0n) is 15.5. The molecule has 0 bridgehead atoms. The van der Waals surface area contributed by atoms with Gasteiger partial charge in [0.2, 0.25) is 0 Å². The summed E-state index contributed by atoms with van der Waals surface area (Å²) in [7, 11) is 0. The number of halogens is 1. The molecule has 2 heterocycles. The largest absolute Gasteiger partial charge is 0.471 e. The third-order valence-corrected chi connectivity index (χ3v) is 4.83. The van der Waals surface area contributed by atoms with E-state index in [-0.39, 0.29) is 18.7 Å². The van der Waals surface area contributed by atoms with Gasteiger partial charge in [0.25, 0.3) is 5.91 Å². The first-order valence-corrected chi connectivity index (χ1v) is 9.52. The van der Waals surface area contributed by atoms with E-state index >= 15 is 0 Å². The van der Waals surface area contributed by atoms with Gasteiger partial charge in [-0.1, -0.05) is 15.9 Å². The van der Waals surface area contributed by atoms with Crippen LogP contribution in [0.2, 0.25) is 0 Å². The van der Waals surface area contributed by atoms with Crippen LogP contribution in [-0.2, 0) is 13.3 Å². The summed E-state index contributed by atoms with van der Waals surface area (Å²) in [6.45, 7) is 7.01. The van der Waals surface area contributed by atoms with E-state index in [1.54, 1.807) is 23.1 Å². The Labute approximate surface area is 166 Å². The summed E-state index contributed by atoms with van der Waals surface area (Å²) in [6.07, 6.45) is 3.52. The Bertz CT molecular complexity index is 917. The Morgan fingerprint density at radius 1 is 1.30 bits per heavy atom. The summed E-state index contributed by atoms with van der Waals surface area (Å²) in [5.74, 6) is 0.505. The first-order chi connectivity index (χ1) is 13.0. The van der Waals surface area contributed by atoms with Crippen LogP contribution in [0.5, 0.6) is 5.75 Å². The summed E-state index contributed by atoms with van der Waals surface area (Å²) >= 11 is 3.38. The SMILES string of the molecule is CCn1ncc(C(C)NC(=O)c2ccn(COc3ccc(Br)cc3)n2)c1C. The highest BCUT2D eigenvalue weighted by molar-refractivity contribution is 9.10. The van der Waals surface area contributed by atoms with Crippen molar-refractivity contribution in [2.24, 2.45) is 0 Å². The first-order valence-electron chi connectivity index (χ1n) is 8.73. The quantitative estimate of drug-likeness (QED) is 0.618. The Kier molecular flexibility index (Phi) is 5.95. The zero-order valence-corrected chi connectivity index (χ0v) is 17.1. The van der Waals surface area contributed by atoms with Gasteiger partial charge in [-0.15, -0.1) is 0 Å². The molecule has 3 aromatic rings. The van der Waals surface area contributed by atoms with Gasteiger partial charge in [0.15, 0.2) is 6.73 Å². The number of aryl methyl sites for hydroxylation is 1. The standard InChI is InChI=1S/C19H22BrN5O2/c1-4-25-14(3)17(11-21-25)13(2)22-19(26)18-9-10-24(23-18)12-27-16-7-5-15(20)6-8-16/h5-11,13H,4,12H2,1-3H3,(H,22,26). The van der Waals surface area contributed by atoms with Crippen molar-refractivity contribution in [3.63, 3.8) is 0 Å². The predicted molar refractivity (Wildman–Crippen MR) is 106 cm³/mol. The molecule has 1 unspecified atom stereocenters. The van der Waals surface area contributed by atoms with Crippen molar-refractivity contribution in [3.8, 4) is 5.75 Å². The van der Waals surface area contributed by atoms with Crippen molar-refractivity contribution < 1.29 is 9.53 Å². The number of hydrogen-bond acceptors (Lipinski definition) is 4. The van der Waals surface area contributed by atoms with Crippen molar-refractivity contribution in [1.29, 1.82) is 0 Å². The molecule has 2 aromatic heterocycles. The highest BCUT2D eigenvalue weighted by atomic mass is 79.9. The molecule has 1 aromatic carbocycles. The van der Waals surface area contributed by atoms with Crippen LogP contribution in [-0.4, -0.2) is 25.5 Å². The lowest BCUT2D eigenvalue weighted by Gasteiger charge is -2.13. The zero-order chi connectivity index (χ0) is 19.4. The van der Waals surface area contributed by atoms with Crippen LogP contribution in [0.25, 0.3) is 0 Å². The monoisotopic (exact) mass is 431 g/mol. The summed E-state index contributed by atoms with van der Waals surface area (Å²) in [6, 6.07) is 9.06. The van der Waals surface area contributed by atoms with Crippen LogP contribution in [0, 0.1) is 6.92 Å². The molecule has 3 rings (SSSR count). The van der Waals surface area contributed by atoms with Crippen LogP contribution in [0.4, 0.5) is 0 Å². The molecule has 142 valence electrons. The number of nitrogens with one attached hydrogen (secondary N) is 1. The van der Waals surface area contributed by atoms with Gasteiger partial charge >= 0.3 is 0 Å². The van der Waals surface area contributed by atoms with E-state index < -0.39 is 0 Å². The van der Waals surface area contributed by atoms with Crippen LogP contribution < -0.4 is 10.1 Å². The number of aromatic nitrogens is 4. The van der Waals surface area contributed by atoms with Crippen molar-refractivity contribution >= 4 is 21.8 Å². The van der Waals surface area contributed by atoms with Crippen LogP contribution in [0.3, 0.4) is 0 Å². The highest BCUT2D eigenvalue weighted by Gasteiger charge is 2.17. The van der Waals surface area contributed by atoms with Crippen molar-refractivity contribution in [2.75, 3.05) is 0 Å². The van der Waals surface area contributed by atoms with Gasteiger partial charge in [0.05, 0.1) is 12.2 Å². The molecular weight excluding hydrogens is 410 g/mol. The Hall–Kier alpha value is -2.61. The van der Waals surface area contributed by atoms with Crippen LogP contribution in [0.1, 0.15) is 41.6 Å². The average molecular weight is 432 g/mol. The lowest BCUT2D eigenvalue weighted by Crippen LogP contribution is -2.27. The molecule has 0 radical (unpaired) electrons. The molecule has 1 atom stereocenters. The molecule has 0 spiro atoms. The predicted octanol–water partition coefficient (Wildman–Crippen LogP) is 3.70. The van der Waals surface area contributed by atoms with E-state index in [2.05, 4.69) is 31.4 Å². The number of rotatable bonds is 7. The molecule has 0 aliphatic rings. The average Bonchev–Trinajstić information content (AvgIpc) is 3.27. The molecule has 0 fully saturated rings. The lowest BCUT2D eigenvalue weighted by molar-refractivity contribution is 0.0932. The van der Waals surface area contributed by atoms with E-state index in [0.29, 0.717) is 5.69 Å². The summed E-state index contributed by atoms with van der Waals surface area (Å²) < 4.78 is 10.1. The van der Waals surface area contributed by atoms with E-state index in [1.165, 1.54) is 0 Å². The number of carbonyl (C=O) groups is 1. The molecule has 0 aliphatic carbocycles. The third-order valence-electron chi connectivity index (χ3n) is 4.31. The minimum absolute atomic E-state index is 0.151. The Balaban J connectivity index is 1.59. The number of ether oxygens (including phenoxy) is 1. The molecule has 0 saturated carbocycles. The number of carbonyl (C=O) groups excluding carboxylic acids is 1. The molecule has 27 heavy (non-hydrogen) atoms. The van der Waals surface area contributed by atoms with Gasteiger partial charge in [-0.2, -0.15) is 10.2 Å². The summed E-state index contributed by atoms with van der Waals surface area (Å²) in [5, 5.41) is 11.6. The topological polar surface area (TPSA) is 74.0 Å². The summed E-state index contributed by atoms with van der Waals surface area (Å²) in [5.41, 5.74) is 2.41. The fourth-order valence-corrected chi connectivity index (χ4v) is 3.04. The number of amides is 1. The number of hydrogen-bond donors (Lipinski definition) is 1. The van der Waals surface area contributed by atoms with E-state index in [4.69, 9.17) is 4.74 Å². The minimum atomic E-state index is -0.228. The van der Waals surface area contributed by atoms with Crippen molar-refractivity contribution in [2.45, 2.75) is 40.1 Å². The molecular formula is C19H22BrN5O2. The van der Waals surface area contributed by atoms with Gasteiger partial charge in [0, 0.05) is 28.5 Å². The molecule has 1 amide bonds.